The summed E-state index contributed by atoms with van der Waals surface area (Å²) >= 11 is 7.78. The summed E-state index contributed by atoms with van der Waals surface area (Å²) in [6.45, 7) is 2.38. The fourth-order valence-corrected chi connectivity index (χ4v) is 4.75. The van der Waals surface area contributed by atoms with E-state index in [0.29, 0.717) is 11.6 Å². The van der Waals surface area contributed by atoms with E-state index < -0.39 is 0 Å². The van der Waals surface area contributed by atoms with Crippen molar-refractivity contribution in [2.45, 2.75) is 45.6 Å². The molecule has 0 bridgehead atoms. The zero-order valence-electron chi connectivity index (χ0n) is 14.7. The van der Waals surface area contributed by atoms with Crippen molar-refractivity contribution in [1.82, 2.24) is 4.98 Å². The summed E-state index contributed by atoms with van der Waals surface area (Å²) in [4.78, 5) is 19.8. The average Bonchev–Trinajstić information content (AvgIpc) is 3.33. The van der Waals surface area contributed by atoms with E-state index in [1.165, 1.54) is 17.8 Å². The van der Waals surface area contributed by atoms with Gasteiger partial charge in [-0.15, -0.1) is 0 Å². The molecule has 0 radical (unpaired) electrons. The van der Waals surface area contributed by atoms with Gasteiger partial charge >= 0.3 is 0 Å². The van der Waals surface area contributed by atoms with Gasteiger partial charge in [-0.2, -0.15) is 0 Å². The van der Waals surface area contributed by atoms with Crippen LogP contribution in [0.1, 0.15) is 43.4 Å². The molecule has 0 atom stereocenters. The predicted octanol–water partition coefficient (Wildman–Crippen LogP) is 5.96. The van der Waals surface area contributed by atoms with Crippen LogP contribution in [0.5, 0.6) is 0 Å². The molecule has 1 aromatic carbocycles. The molecule has 3 aromatic rings. The second-order valence-corrected chi connectivity index (χ2v) is 8.27. The van der Waals surface area contributed by atoms with E-state index in [9.17, 15) is 4.79 Å². The predicted molar refractivity (Wildman–Crippen MR) is 106 cm³/mol. The average molecular weight is 389 g/mol. The first kappa shape index (κ1) is 17.6. The van der Waals surface area contributed by atoms with E-state index in [4.69, 9.17) is 21.0 Å². The lowest BCUT2D eigenvalue weighted by molar-refractivity contribution is -0.123. The summed E-state index contributed by atoms with van der Waals surface area (Å²) in [7, 11) is 0. The number of fused-ring (bicyclic) bond motifs is 1. The van der Waals surface area contributed by atoms with Crippen LogP contribution < -0.4 is 4.90 Å². The number of carbonyl (C=O) groups excluding carboxylic acids is 1. The summed E-state index contributed by atoms with van der Waals surface area (Å²) in [6.07, 6.45) is 7.03. The maximum absolute atomic E-state index is 13.3. The quantitative estimate of drug-likeness (QED) is 0.553. The van der Waals surface area contributed by atoms with Crippen LogP contribution in [0.25, 0.3) is 10.2 Å². The van der Waals surface area contributed by atoms with Crippen molar-refractivity contribution < 1.29 is 9.21 Å². The minimum Gasteiger partial charge on any atom is -0.467 e. The molecule has 26 heavy (non-hydrogen) atoms. The normalized spacial score (nSPS) is 15.5. The van der Waals surface area contributed by atoms with E-state index in [-0.39, 0.29) is 11.8 Å². The molecule has 1 fully saturated rings. The summed E-state index contributed by atoms with van der Waals surface area (Å²) in [6, 6.07) is 7.61. The van der Waals surface area contributed by atoms with Gasteiger partial charge in [0.1, 0.15) is 5.76 Å². The summed E-state index contributed by atoms with van der Waals surface area (Å²) < 4.78 is 6.55. The molecule has 1 saturated carbocycles. The molecule has 4 nitrogen and oxygen atoms in total. The summed E-state index contributed by atoms with van der Waals surface area (Å²) in [5.41, 5.74) is 1.83. The van der Waals surface area contributed by atoms with E-state index in [1.54, 1.807) is 11.2 Å². The Morgan fingerprint density at radius 1 is 1.31 bits per heavy atom. The number of thiazole rings is 1. The molecule has 0 unspecified atom stereocenters. The number of amides is 1. The van der Waals surface area contributed by atoms with Gasteiger partial charge in [0.15, 0.2) is 5.13 Å². The second-order valence-electron chi connectivity index (χ2n) is 6.85. The van der Waals surface area contributed by atoms with Crippen molar-refractivity contribution in [2.24, 2.45) is 5.92 Å². The third-order valence-corrected chi connectivity index (χ3v) is 6.54. The highest BCUT2D eigenvalue weighted by atomic mass is 35.5. The van der Waals surface area contributed by atoms with E-state index in [0.717, 1.165) is 52.4 Å². The van der Waals surface area contributed by atoms with Gasteiger partial charge in [0.2, 0.25) is 5.91 Å². The number of hydrogen-bond acceptors (Lipinski definition) is 4. The highest BCUT2D eigenvalue weighted by Gasteiger charge is 2.29. The minimum atomic E-state index is 0.0791. The largest absolute Gasteiger partial charge is 0.467 e. The zero-order valence-corrected chi connectivity index (χ0v) is 16.3. The van der Waals surface area contributed by atoms with Gasteiger partial charge in [-0.3, -0.25) is 9.69 Å². The molecule has 0 spiro atoms. The van der Waals surface area contributed by atoms with Gasteiger partial charge in [-0.05, 0) is 49.6 Å². The van der Waals surface area contributed by atoms with Gasteiger partial charge in [-0.25, -0.2) is 4.98 Å². The number of furan rings is 1. The van der Waals surface area contributed by atoms with Crippen molar-refractivity contribution in [3.05, 3.63) is 46.9 Å². The lowest BCUT2D eigenvalue weighted by Gasteiger charge is -2.27. The SMILES string of the molecule is Cc1c(Cl)ccc2sc(N(Cc3ccco3)C(=O)C3CCCCC3)nc12. The number of aromatic nitrogens is 1. The Balaban J connectivity index is 1.72. The van der Waals surface area contributed by atoms with Crippen molar-refractivity contribution in [2.75, 3.05) is 4.90 Å². The maximum Gasteiger partial charge on any atom is 0.232 e. The fourth-order valence-electron chi connectivity index (χ4n) is 3.57. The molecule has 4 rings (SSSR count). The smallest absolute Gasteiger partial charge is 0.232 e. The highest BCUT2D eigenvalue weighted by Crippen LogP contribution is 2.36. The number of benzene rings is 1. The standard InChI is InChI=1S/C20H21ClN2O2S/c1-13-16(21)9-10-17-18(13)22-20(26-17)23(12-15-8-5-11-25-15)19(24)14-6-3-2-4-7-14/h5,8-11,14H,2-4,6-7,12H2,1H3. The van der Waals surface area contributed by atoms with Gasteiger partial charge in [0.25, 0.3) is 0 Å². The van der Waals surface area contributed by atoms with E-state index in [2.05, 4.69) is 0 Å². The molecule has 0 saturated heterocycles. The van der Waals surface area contributed by atoms with Crippen LogP contribution in [0.3, 0.4) is 0 Å². The maximum atomic E-state index is 13.3. The van der Waals surface area contributed by atoms with Crippen LogP contribution >= 0.6 is 22.9 Å². The third kappa shape index (κ3) is 3.38. The van der Waals surface area contributed by atoms with Gasteiger partial charge in [0.05, 0.1) is 23.0 Å². The van der Waals surface area contributed by atoms with E-state index in [1.807, 2.05) is 31.2 Å². The minimum absolute atomic E-state index is 0.0791. The molecule has 0 aliphatic heterocycles. The molecule has 1 aliphatic carbocycles. The van der Waals surface area contributed by atoms with Crippen molar-refractivity contribution in [3.8, 4) is 0 Å². The highest BCUT2D eigenvalue weighted by molar-refractivity contribution is 7.22. The van der Waals surface area contributed by atoms with Crippen LogP contribution in [0.15, 0.2) is 34.9 Å². The number of halogens is 1. The lowest BCUT2D eigenvalue weighted by Crippen LogP contribution is -2.36. The zero-order chi connectivity index (χ0) is 18.1. The van der Waals surface area contributed by atoms with Crippen LogP contribution in [-0.4, -0.2) is 10.9 Å². The van der Waals surface area contributed by atoms with Crippen molar-refractivity contribution in [1.29, 1.82) is 0 Å². The molecule has 136 valence electrons. The molecule has 2 aromatic heterocycles. The Labute approximate surface area is 161 Å². The molecule has 1 aliphatic rings. The Morgan fingerprint density at radius 2 is 2.12 bits per heavy atom. The number of rotatable bonds is 4. The van der Waals surface area contributed by atoms with Crippen LogP contribution in [0, 0.1) is 12.8 Å². The molecule has 0 N–H and O–H groups in total. The van der Waals surface area contributed by atoms with Gasteiger partial charge in [0, 0.05) is 10.9 Å². The topological polar surface area (TPSA) is 46.3 Å². The van der Waals surface area contributed by atoms with Crippen molar-refractivity contribution in [3.63, 3.8) is 0 Å². The number of hydrogen-bond donors (Lipinski definition) is 0. The molecule has 6 heteroatoms. The Hall–Kier alpha value is -1.85. The summed E-state index contributed by atoms with van der Waals surface area (Å²) in [5, 5.41) is 1.42. The molecular formula is C20H21ClN2O2S. The monoisotopic (exact) mass is 388 g/mol. The van der Waals surface area contributed by atoms with Gasteiger partial charge < -0.3 is 4.42 Å². The van der Waals surface area contributed by atoms with E-state index >= 15 is 0 Å². The Bertz CT molecular complexity index is 913. The number of nitrogens with zero attached hydrogens (tertiary/aromatic N) is 2. The summed E-state index contributed by atoms with van der Waals surface area (Å²) in [5.74, 6) is 1.00. The second kappa shape index (κ2) is 7.41. The Morgan fingerprint density at radius 3 is 2.85 bits per heavy atom. The van der Waals surface area contributed by atoms with Gasteiger partial charge in [-0.1, -0.05) is 42.2 Å². The number of carbonyl (C=O) groups is 1. The van der Waals surface area contributed by atoms with Crippen LogP contribution in [-0.2, 0) is 11.3 Å². The third-order valence-electron chi connectivity index (χ3n) is 5.08. The van der Waals surface area contributed by atoms with Crippen LogP contribution in [0.4, 0.5) is 5.13 Å². The first-order chi connectivity index (χ1) is 12.6. The fraction of sp³-hybridized carbons (Fsp3) is 0.400. The number of aryl methyl sites for hydroxylation is 1. The molecular weight excluding hydrogens is 368 g/mol. The first-order valence-electron chi connectivity index (χ1n) is 9.03. The molecule has 2 heterocycles. The van der Waals surface area contributed by atoms with Crippen molar-refractivity contribution >= 4 is 44.2 Å². The Kier molecular flexibility index (Phi) is 5.00. The van der Waals surface area contributed by atoms with Crippen LogP contribution in [0.2, 0.25) is 5.02 Å². The lowest BCUT2D eigenvalue weighted by atomic mass is 9.88. The first-order valence-corrected chi connectivity index (χ1v) is 10.2. The molecule has 1 amide bonds. The number of anilines is 1.